The molecule has 6 heteroatoms. The molecule has 96 valence electrons. The SMILES string of the molecule is CCc1nc(-c2cc(Br)c(C)s2)nc(NC)c1Br. The van der Waals surface area contributed by atoms with Crippen LogP contribution in [0, 0.1) is 6.92 Å². The van der Waals surface area contributed by atoms with Crippen LogP contribution < -0.4 is 5.32 Å². The van der Waals surface area contributed by atoms with Gasteiger partial charge in [-0.3, -0.25) is 0 Å². The van der Waals surface area contributed by atoms with Crippen LogP contribution >= 0.6 is 43.2 Å². The monoisotopic (exact) mass is 389 g/mol. The predicted molar refractivity (Wildman–Crippen MR) is 84.4 cm³/mol. The molecule has 0 bridgehead atoms. The molecule has 0 aliphatic heterocycles. The fourth-order valence-electron chi connectivity index (χ4n) is 1.57. The molecule has 0 aliphatic carbocycles. The first-order chi connectivity index (χ1) is 8.56. The van der Waals surface area contributed by atoms with E-state index in [-0.39, 0.29) is 0 Å². The molecule has 0 fully saturated rings. The lowest BCUT2D eigenvalue weighted by molar-refractivity contribution is 0.994. The lowest BCUT2D eigenvalue weighted by Crippen LogP contribution is -2.02. The van der Waals surface area contributed by atoms with Crippen molar-refractivity contribution in [3.8, 4) is 10.7 Å². The minimum atomic E-state index is 0.776. The van der Waals surface area contributed by atoms with E-state index >= 15 is 0 Å². The van der Waals surface area contributed by atoms with Gasteiger partial charge in [0, 0.05) is 16.4 Å². The van der Waals surface area contributed by atoms with Crippen molar-refractivity contribution >= 4 is 49.0 Å². The molecule has 0 spiro atoms. The van der Waals surface area contributed by atoms with Gasteiger partial charge in [-0.05, 0) is 51.3 Å². The zero-order chi connectivity index (χ0) is 13.3. The van der Waals surface area contributed by atoms with Crippen LogP contribution in [0.25, 0.3) is 10.7 Å². The number of anilines is 1. The molecule has 0 aliphatic rings. The molecule has 2 heterocycles. The third-order valence-electron chi connectivity index (χ3n) is 2.57. The van der Waals surface area contributed by atoms with E-state index in [4.69, 9.17) is 0 Å². The van der Waals surface area contributed by atoms with Crippen molar-refractivity contribution in [1.82, 2.24) is 9.97 Å². The lowest BCUT2D eigenvalue weighted by Gasteiger charge is -2.08. The van der Waals surface area contributed by atoms with Crippen LogP contribution in [-0.2, 0) is 6.42 Å². The molecule has 0 amide bonds. The van der Waals surface area contributed by atoms with Crippen molar-refractivity contribution in [3.63, 3.8) is 0 Å². The summed E-state index contributed by atoms with van der Waals surface area (Å²) in [6.07, 6.45) is 0.871. The highest BCUT2D eigenvalue weighted by molar-refractivity contribution is 9.11. The molecule has 1 N–H and O–H groups in total. The first-order valence-corrected chi connectivity index (χ1v) is 7.97. The Morgan fingerprint density at radius 1 is 1.33 bits per heavy atom. The van der Waals surface area contributed by atoms with Gasteiger partial charge in [0.1, 0.15) is 5.82 Å². The summed E-state index contributed by atoms with van der Waals surface area (Å²) in [7, 11) is 1.87. The Hall–Kier alpha value is -0.460. The number of hydrogen-bond acceptors (Lipinski definition) is 4. The molecular weight excluding hydrogens is 378 g/mol. The van der Waals surface area contributed by atoms with Gasteiger partial charge in [-0.2, -0.15) is 0 Å². The highest BCUT2D eigenvalue weighted by Crippen LogP contribution is 2.34. The summed E-state index contributed by atoms with van der Waals surface area (Å²) >= 11 is 8.76. The van der Waals surface area contributed by atoms with Gasteiger partial charge < -0.3 is 5.32 Å². The second-order valence-corrected chi connectivity index (χ2v) is 6.68. The molecule has 3 nitrogen and oxygen atoms in total. The Morgan fingerprint density at radius 2 is 2.06 bits per heavy atom. The van der Waals surface area contributed by atoms with Crippen LogP contribution in [0.2, 0.25) is 0 Å². The first-order valence-electron chi connectivity index (χ1n) is 5.57. The summed E-state index contributed by atoms with van der Waals surface area (Å²) in [4.78, 5) is 11.5. The molecule has 2 aromatic rings. The third-order valence-corrected chi connectivity index (χ3v) is 5.53. The largest absolute Gasteiger partial charge is 0.372 e. The van der Waals surface area contributed by atoms with Gasteiger partial charge in [0.25, 0.3) is 0 Å². The van der Waals surface area contributed by atoms with Gasteiger partial charge in [-0.1, -0.05) is 6.92 Å². The number of thiophene rings is 1. The smallest absolute Gasteiger partial charge is 0.171 e. The number of halogens is 2. The van der Waals surface area contributed by atoms with E-state index in [0.29, 0.717) is 0 Å². The molecule has 0 atom stereocenters. The normalized spacial score (nSPS) is 10.7. The highest BCUT2D eigenvalue weighted by Gasteiger charge is 2.14. The van der Waals surface area contributed by atoms with Crippen LogP contribution in [0.1, 0.15) is 17.5 Å². The topological polar surface area (TPSA) is 37.8 Å². The number of nitrogens with zero attached hydrogens (tertiary/aromatic N) is 2. The molecular formula is C12H13Br2N3S. The van der Waals surface area contributed by atoms with E-state index in [0.717, 1.165) is 37.6 Å². The summed E-state index contributed by atoms with van der Waals surface area (Å²) in [6, 6.07) is 2.07. The molecule has 0 aromatic carbocycles. The van der Waals surface area contributed by atoms with E-state index in [2.05, 4.69) is 67.1 Å². The van der Waals surface area contributed by atoms with Crippen LogP contribution in [0.15, 0.2) is 15.0 Å². The maximum atomic E-state index is 4.62. The first kappa shape index (κ1) is 14.0. The Bertz CT molecular complexity index is 536. The Labute approximate surface area is 127 Å². The minimum Gasteiger partial charge on any atom is -0.372 e. The van der Waals surface area contributed by atoms with Gasteiger partial charge in [0.2, 0.25) is 0 Å². The van der Waals surface area contributed by atoms with Gasteiger partial charge in [0.05, 0.1) is 15.0 Å². The number of aromatic nitrogens is 2. The molecule has 0 unspecified atom stereocenters. The van der Waals surface area contributed by atoms with E-state index in [1.165, 1.54) is 4.88 Å². The van der Waals surface area contributed by atoms with E-state index in [1.807, 2.05) is 7.05 Å². The van der Waals surface area contributed by atoms with Crippen LogP contribution in [-0.4, -0.2) is 17.0 Å². The van der Waals surface area contributed by atoms with Crippen molar-refractivity contribution < 1.29 is 0 Å². The minimum absolute atomic E-state index is 0.776. The highest BCUT2D eigenvalue weighted by atomic mass is 79.9. The van der Waals surface area contributed by atoms with Crippen molar-refractivity contribution in [1.29, 1.82) is 0 Å². The summed E-state index contributed by atoms with van der Waals surface area (Å²) in [6.45, 7) is 4.17. The van der Waals surface area contributed by atoms with E-state index < -0.39 is 0 Å². The van der Waals surface area contributed by atoms with Gasteiger partial charge in [-0.25, -0.2) is 9.97 Å². The maximum absolute atomic E-state index is 4.62. The molecule has 0 saturated carbocycles. The average Bonchev–Trinajstić information content (AvgIpc) is 2.70. The average molecular weight is 391 g/mol. The molecule has 18 heavy (non-hydrogen) atoms. The molecule has 0 radical (unpaired) electrons. The summed E-state index contributed by atoms with van der Waals surface area (Å²) < 4.78 is 2.06. The van der Waals surface area contributed by atoms with Crippen LogP contribution in [0.3, 0.4) is 0 Å². The molecule has 0 saturated heterocycles. The van der Waals surface area contributed by atoms with Gasteiger partial charge in [-0.15, -0.1) is 11.3 Å². The van der Waals surface area contributed by atoms with Crippen molar-refractivity contribution in [2.24, 2.45) is 0 Å². The van der Waals surface area contributed by atoms with Crippen molar-refractivity contribution in [3.05, 3.63) is 25.6 Å². The Morgan fingerprint density at radius 3 is 2.56 bits per heavy atom. The fourth-order valence-corrected chi connectivity index (χ4v) is 3.70. The zero-order valence-electron chi connectivity index (χ0n) is 10.3. The Kier molecular flexibility index (Phi) is 4.40. The number of aryl methyl sites for hydroxylation is 2. The lowest BCUT2D eigenvalue weighted by atomic mass is 10.3. The number of hydrogen-bond donors (Lipinski definition) is 1. The second kappa shape index (κ2) is 5.67. The number of rotatable bonds is 3. The van der Waals surface area contributed by atoms with Crippen LogP contribution in [0.4, 0.5) is 5.82 Å². The summed E-state index contributed by atoms with van der Waals surface area (Å²) in [5, 5.41) is 3.10. The maximum Gasteiger partial charge on any atom is 0.171 e. The van der Waals surface area contributed by atoms with Gasteiger partial charge in [0.15, 0.2) is 5.82 Å². The Balaban J connectivity index is 2.57. The predicted octanol–water partition coefficient (Wildman–Crippen LogP) is 4.64. The summed E-state index contributed by atoms with van der Waals surface area (Å²) in [5.74, 6) is 1.61. The third kappa shape index (κ3) is 2.60. The van der Waals surface area contributed by atoms with E-state index in [9.17, 15) is 0 Å². The number of nitrogens with one attached hydrogen (secondary N) is 1. The standard InChI is InChI=1S/C12H13Br2N3S/c1-4-8-10(14)12(15-3)17-11(16-8)9-5-7(13)6(2)18-9/h5H,4H2,1-3H3,(H,15,16,17). The summed E-state index contributed by atoms with van der Waals surface area (Å²) in [5.41, 5.74) is 1.02. The molecule has 2 aromatic heterocycles. The zero-order valence-corrected chi connectivity index (χ0v) is 14.3. The fraction of sp³-hybridized carbons (Fsp3) is 0.333. The second-order valence-electron chi connectivity index (χ2n) is 3.77. The van der Waals surface area contributed by atoms with Gasteiger partial charge >= 0.3 is 0 Å². The van der Waals surface area contributed by atoms with Crippen LogP contribution in [0.5, 0.6) is 0 Å². The van der Waals surface area contributed by atoms with E-state index in [1.54, 1.807) is 11.3 Å². The quantitative estimate of drug-likeness (QED) is 0.829. The molecule has 2 rings (SSSR count). The van der Waals surface area contributed by atoms with Crippen molar-refractivity contribution in [2.75, 3.05) is 12.4 Å². The van der Waals surface area contributed by atoms with Crippen molar-refractivity contribution in [2.45, 2.75) is 20.3 Å².